The van der Waals surface area contributed by atoms with Crippen LogP contribution in [-0.2, 0) is 14.8 Å². The van der Waals surface area contributed by atoms with Crippen LogP contribution in [0.1, 0.15) is 31.4 Å². The van der Waals surface area contributed by atoms with Crippen LogP contribution < -0.4 is 10.6 Å². The number of likely N-dealkylation sites (tertiary alicyclic amines) is 1. The zero-order valence-electron chi connectivity index (χ0n) is 19.8. The maximum atomic E-state index is 12.5. The van der Waals surface area contributed by atoms with Gasteiger partial charge in [-0.15, -0.1) is 6.42 Å². The lowest BCUT2D eigenvalue weighted by atomic mass is 9.96. The summed E-state index contributed by atoms with van der Waals surface area (Å²) < 4.78 is 26.2. The van der Waals surface area contributed by atoms with Crippen LogP contribution in [0.2, 0.25) is 0 Å². The number of fused-ring (bicyclic) bond motifs is 1. The van der Waals surface area contributed by atoms with Gasteiger partial charge in [0.1, 0.15) is 6.23 Å². The molecule has 1 fully saturated rings. The SMILES string of the molecule is C#CCNC(O)CNC(=O)CN(C1CCN([C@@H](C)c2cccc3ccccc23)CC1)S(C)(=O)=O. The van der Waals surface area contributed by atoms with Crippen molar-refractivity contribution in [3.63, 3.8) is 0 Å². The van der Waals surface area contributed by atoms with Crippen molar-refractivity contribution in [3.8, 4) is 12.3 Å². The second-order valence-corrected chi connectivity index (χ2v) is 10.7. The van der Waals surface area contributed by atoms with Crippen molar-refractivity contribution >= 4 is 26.7 Å². The number of amides is 1. The van der Waals surface area contributed by atoms with Crippen LogP contribution in [0.15, 0.2) is 42.5 Å². The normalized spacial score (nSPS) is 17.4. The molecule has 1 saturated heterocycles. The van der Waals surface area contributed by atoms with Gasteiger partial charge in [0.2, 0.25) is 15.9 Å². The van der Waals surface area contributed by atoms with Crippen molar-refractivity contribution in [2.45, 2.75) is 38.1 Å². The molecule has 3 rings (SSSR count). The maximum Gasteiger partial charge on any atom is 0.235 e. The van der Waals surface area contributed by atoms with E-state index in [1.165, 1.54) is 20.6 Å². The third-order valence-corrected chi connectivity index (χ3v) is 7.66. The molecule has 3 N–H and O–H groups in total. The first-order chi connectivity index (χ1) is 16.2. The topological polar surface area (TPSA) is 102 Å². The summed E-state index contributed by atoms with van der Waals surface area (Å²) in [4.78, 5) is 14.8. The van der Waals surface area contributed by atoms with Crippen LogP contribution in [0.3, 0.4) is 0 Å². The zero-order chi connectivity index (χ0) is 24.7. The lowest BCUT2D eigenvalue weighted by Gasteiger charge is -2.40. The Balaban J connectivity index is 1.60. The first-order valence-corrected chi connectivity index (χ1v) is 13.4. The number of hydrogen-bond acceptors (Lipinski definition) is 6. The summed E-state index contributed by atoms with van der Waals surface area (Å²) in [7, 11) is -3.58. The number of terminal acetylenes is 1. The van der Waals surface area contributed by atoms with Gasteiger partial charge in [-0.05, 0) is 36.1 Å². The van der Waals surface area contributed by atoms with E-state index in [4.69, 9.17) is 6.42 Å². The van der Waals surface area contributed by atoms with E-state index in [1.54, 1.807) is 0 Å². The molecule has 184 valence electrons. The molecular weight excluding hydrogens is 452 g/mol. The number of benzene rings is 2. The molecule has 1 heterocycles. The second kappa shape index (κ2) is 11.8. The Kier molecular flexibility index (Phi) is 9.05. The highest BCUT2D eigenvalue weighted by Gasteiger charge is 2.33. The van der Waals surface area contributed by atoms with Gasteiger partial charge in [0.25, 0.3) is 0 Å². The molecule has 1 unspecified atom stereocenters. The zero-order valence-corrected chi connectivity index (χ0v) is 20.6. The molecule has 0 aromatic heterocycles. The van der Waals surface area contributed by atoms with Gasteiger partial charge < -0.3 is 10.4 Å². The Hall–Kier alpha value is -2.48. The fraction of sp³-hybridized carbons (Fsp3) is 0.480. The average Bonchev–Trinajstić information content (AvgIpc) is 2.83. The highest BCUT2D eigenvalue weighted by molar-refractivity contribution is 7.88. The van der Waals surface area contributed by atoms with E-state index < -0.39 is 22.2 Å². The van der Waals surface area contributed by atoms with Crippen molar-refractivity contribution in [1.82, 2.24) is 19.8 Å². The van der Waals surface area contributed by atoms with Crippen molar-refractivity contribution < 1.29 is 18.3 Å². The molecule has 0 bridgehead atoms. The van der Waals surface area contributed by atoms with E-state index in [2.05, 4.69) is 58.7 Å². The van der Waals surface area contributed by atoms with Crippen molar-refractivity contribution in [2.24, 2.45) is 0 Å². The predicted octanol–water partition coefficient (Wildman–Crippen LogP) is 1.28. The molecule has 1 aliphatic rings. The minimum Gasteiger partial charge on any atom is -0.377 e. The number of nitrogens with one attached hydrogen (secondary N) is 2. The van der Waals surface area contributed by atoms with Crippen molar-refractivity contribution in [1.29, 1.82) is 0 Å². The molecule has 0 radical (unpaired) electrons. The van der Waals surface area contributed by atoms with E-state index in [9.17, 15) is 18.3 Å². The number of aliphatic hydroxyl groups excluding tert-OH is 1. The van der Waals surface area contributed by atoms with Crippen molar-refractivity contribution in [3.05, 3.63) is 48.0 Å². The fourth-order valence-corrected chi connectivity index (χ4v) is 5.65. The summed E-state index contributed by atoms with van der Waals surface area (Å²) in [5, 5.41) is 17.4. The van der Waals surface area contributed by atoms with E-state index in [0.29, 0.717) is 12.8 Å². The molecular formula is C25H34N4O4S. The van der Waals surface area contributed by atoms with Gasteiger partial charge >= 0.3 is 0 Å². The van der Waals surface area contributed by atoms with Crippen molar-refractivity contribution in [2.75, 3.05) is 39.0 Å². The minimum absolute atomic E-state index is 0.0564. The molecule has 0 aliphatic carbocycles. The first kappa shape index (κ1) is 26.1. The van der Waals surface area contributed by atoms with E-state index in [0.717, 1.165) is 19.3 Å². The summed E-state index contributed by atoms with van der Waals surface area (Å²) in [6.07, 6.45) is 6.55. The number of rotatable bonds is 10. The Morgan fingerprint density at radius 2 is 1.91 bits per heavy atom. The van der Waals surface area contributed by atoms with Gasteiger partial charge in [0.15, 0.2) is 0 Å². The molecule has 1 amide bonds. The Bertz CT molecular complexity index is 1120. The number of piperidine rings is 1. The van der Waals surface area contributed by atoms with E-state index >= 15 is 0 Å². The highest BCUT2D eigenvalue weighted by Crippen LogP contribution is 2.31. The monoisotopic (exact) mass is 486 g/mol. The van der Waals surface area contributed by atoms with Crippen LogP contribution in [0.4, 0.5) is 0 Å². The number of carbonyl (C=O) groups is 1. The van der Waals surface area contributed by atoms with Gasteiger partial charge in [-0.2, -0.15) is 4.31 Å². The fourth-order valence-electron chi connectivity index (χ4n) is 4.55. The quantitative estimate of drug-likeness (QED) is 0.346. The summed E-state index contributed by atoms with van der Waals surface area (Å²) in [5.74, 6) is 1.88. The van der Waals surface area contributed by atoms with E-state index in [1.807, 2.05) is 12.1 Å². The third kappa shape index (κ3) is 6.78. The number of hydrogen-bond donors (Lipinski definition) is 3. The van der Waals surface area contributed by atoms with Crippen LogP contribution in [-0.4, -0.2) is 79.9 Å². The van der Waals surface area contributed by atoms with Gasteiger partial charge in [0, 0.05) is 25.2 Å². The lowest BCUT2D eigenvalue weighted by Crippen LogP contribution is -2.51. The molecule has 0 spiro atoms. The summed E-state index contributed by atoms with van der Waals surface area (Å²) in [6, 6.07) is 14.6. The molecule has 1 aliphatic heterocycles. The molecule has 9 heteroatoms. The molecule has 34 heavy (non-hydrogen) atoms. The van der Waals surface area contributed by atoms with Crippen LogP contribution in [0.25, 0.3) is 10.8 Å². The Morgan fingerprint density at radius 3 is 2.59 bits per heavy atom. The van der Waals surface area contributed by atoms with Gasteiger partial charge in [-0.3, -0.25) is 15.0 Å². The number of sulfonamides is 1. The molecule has 2 aromatic rings. The standard InChI is InChI=1S/C25H34N4O4S/c1-4-14-26-24(30)17-27-25(31)18-29(34(3,32)33)21-12-15-28(16-13-21)19(2)22-11-7-9-20-8-5-6-10-23(20)22/h1,5-11,19,21,24,26,30H,12-18H2,2-3H3,(H,27,31)/t19-,24?/m0/s1. The summed E-state index contributed by atoms with van der Waals surface area (Å²) in [6.45, 7) is 3.49. The summed E-state index contributed by atoms with van der Waals surface area (Å²) in [5.41, 5.74) is 1.26. The Labute approximate surface area is 202 Å². The molecule has 0 saturated carbocycles. The first-order valence-electron chi connectivity index (χ1n) is 11.5. The number of carbonyl (C=O) groups excluding carboxylic acids is 1. The smallest absolute Gasteiger partial charge is 0.235 e. The maximum absolute atomic E-state index is 12.5. The van der Waals surface area contributed by atoms with Gasteiger partial charge in [0.05, 0.1) is 25.9 Å². The van der Waals surface area contributed by atoms with Crippen LogP contribution in [0, 0.1) is 12.3 Å². The molecule has 2 aromatic carbocycles. The number of nitrogens with zero attached hydrogens (tertiary/aromatic N) is 2. The lowest BCUT2D eigenvalue weighted by molar-refractivity contribution is -0.122. The second-order valence-electron chi connectivity index (χ2n) is 8.72. The Morgan fingerprint density at radius 1 is 1.24 bits per heavy atom. The number of aliphatic hydroxyl groups is 1. The van der Waals surface area contributed by atoms with E-state index in [-0.39, 0.29) is 31.7 Å². The third-order valence-electron chi connectivity index (χ3n) is 6.39. The summed E-state index contributed by atoms with van der Waals surface area (Å²) >= 11 is 0. The predicted molar refractivity (Wildman–Crippen MR) is 134 cm³/mol. The average molecular weight is 487 g/mol. The van der Waals surface area contributed by atoms with Crippen LogP contribution in [0.5, 0.6) is 0 Å². The molecule has 8 nitrogen and oxygen atoms in total. The van der Waals surface area contributed by atoms with Crippen LogP contribution >= 0.6 is 0 Å². The highest BCUT2D eigenvalue weighted by atomic mass is 32.2. The largest absolute Gasteiger partial charge is 0.377 e. The molecule has 2 atom stereocenters. The van der Waals surface area contributed by atoms with Gasteiger partial charge in [-0.25, -0.2) is 8.42 Å². The minimum atomic E-state index is -3.58. The van der Waals surface area contributed by atoms with Gasteiger partial charge in [-0.1, -0.05) is 48.4 Å².